The second-order valence-corrected chi connectivity index (χ2v) is 8.81. The normalized spacial score (nSPS) is 19.5. The molecule has 0 spiro atoms. The van der Waals surface area contributed by atoms with Gasteiger partial charge >= 0.3 is 0 Å². The molecule has 1 aliphatic rings. The molecule has 7 nitrogen and oxygen atoms in total. The van der Waals surface area contributed by atoms with Gasteiger partial charge in [-0.3, -0.25) is 9.48 Å². The maximum atomic E-state index is 13.7. The molecular weight excluding hydrogens is 402 g/mol. The number of hydrogen-bond donors (Lipinski definition) is 1. The highest BCUT2D eigenvalue weighted by molar-refractivity contribution is 6.08. The first-order valence-electron chi connectivity index (χ1n) is 10.7. The summed E-state index contributed by atoms with van der Waals surface area (Å²) in [4.78, 5) is 17.3. The van der Waals surface area contributed by atoms with Crippen LogP contribution in [0, 0.1) is 25.7 Å². The highest BCUT2D eigenvalue weighted by Crippen LogP contribution is 2.37. The topological polar surface area (TPSA) is 77.1 Å². The van der Waals surface area contributed by atoms with Gasteiger partial charge in [0.05, 0.1) is 17.9 Å². The Balaban J connectivity index is 1.58. The van der Waals surface area contributed by atoms with Crippen molar-refractivity contribution in [1.29, 1.82) is 0 Å². The van der Waals surface area contributed by atoms with Crippen LogP contribution in [-0.4, -0.2) is 30.3 Å². The summed E-state index contributed by atoms with van der Waals surface area (Å²) in [6.45, 7) is 8.14. The third kappa shape index (κ3) is 4.18. The van der Waals surface area contributed by atoms with Crippen LogP contribution in [0.4, 0.5) is 14.5 Å². The molecule has 3 heterocycles. The van der Waals surface area contributed by atoms with E-state index in [0.29, 0.717) is 17.5 Å². The van der Waals surface area contributed by atoms with E-state index < -0.39 is 18.0 Å². The molecule has 0 radical (unpaired) electrons. The lowest BCUT2D eigenvalue weighted by Gasteiger charge is -2.30. The molecule has 0 aliphatic heterocycles. The van der Waals surface area contributed by atoms with Crippen LogP contribution in [0.2, 0.25) is 0 Å². The lowest BCUT2D eigenvalue weighted by molar-refractivity contribution is 0.102. The van der Waals surface area contributed by atoms with Gasteiger partial charge in [-0.05, 0) is 57.4 Å². The lowest BCUT2D eigenvalue weighted by Crippen LogP contribution is -2.21. The van der Waals surface area contributed by atoms with Crippen LogP contribution in [0.1, 0.15) is 79.4 Å². The Labute approximate surface area is 179 Å². The summed E-state index contributed by atoms with van der Waals surface area (Å²) in [5.41, 5.74) is 1.84. The number of nitrogens with one attached hydrogen (secondary N) is 1. The monoisotopic (exact) mass is 430 g/mol. The SMILES string of the molecule is Cc1cc(C)n2ncc(C(=O)Nc3cn(C4CCC(C(C)C)CC4)nc3C(F)F)c2n1. The predicted octanol–water partition coefficient (Wildman–Crippen LogP) is 5.12. The van der Waals surface area contributed by atoms with Crippen molar-refractivity contribution in [2.24, 2.45) is 11.8 Å². The molecule has 0 aromatic carbocycles. The van der Waals surface area contributed by atoms with Gasteiger partial charge in [-0.1, -0.05) is 13.8 Å². The molecule has 4 rings (SSSR count). The first-order valence-corrected chi connectivity index (χ1v) is 10.7. The zero-order valence-electron chi connectivity index (χ0n) is 18.3. The minimum absolute atomic E-state index is 0.0368. The van der Waals surface area contributed by atoms with Crippen LogP contribution in [-0.2, 0) is 0 Å². The van der Waals surface area contributed by atoms with Crippen molar-refractivity contribution in [3.8, 4) is 0 Å². The Kier molecular flexibility index (Phi) is 5.77. The van der Waals surface area contributed by atoms with E-state index in [-0.39, 0.29) is 17.3 Å². The van der Waals surface area contributed by atoms with Crippen LogP contribution in [0.5, 0.6) is 0 Å². The van der Waals surface area contributed by atoms with Crippen molar-refractivity contribution >= 4 is 17.2 Å². The summed E-state index contributed by atoms with van der Waals surface area (Å²) >= 11 is 0. The number of rotatable bonds is 5. The number of nitrogens with zero attached hydrogens (tertiary/aromatic N) is 5. The molecule has 3 aromatic rings. The standard InChI is InChI=1S/C22H28F2N6O/c1-12(2)15-5-7-16(8-6-15)29-11-18(19(28-29)20(23)24)27-22(31)17-10-25-30-14(4)9-13(3)26-21(17)30/h9-12,15-16,20H,5-8H2,1-4H3,(H,27,31). The minimum Gasteiger partial charge on any atom is -0.319 e. The Morgan fingerprint density at radius 1 is 1.19 bits per heavy atom. The van der Waals surface area contributed by atoms with E-state index in [4.69, 9.17) is 0 Å². The molecule has 1 amide bonds. The summed E-state index contributed by atoms with van der Waals surface area (Å²) in [7, 11) is 0. The minimum atomic E-state index is -2.78. The molecule has 0 unspecified atom stereocenters. The fraction of sp³-hybridized carbons (Fsp3) is 0.545. The van der Waals surface area contributed by atoms with Gasteiger partial charge in [-0.15, -0.1) is 0 Å². The second-order valence-electron chi connectivity index (χ2n) is 8.81. The number of fused-ring (bicyclic) bond motifs is 1. The zero-order chi connectivity index (χ0) is 22.3. The number of halogens is 2. The summed E-state index contributed by atoms with van der Waals surface area (Å²) in [6, 6.07) is 1.93. The van der Waals surface area contributed by atoms with Gasteiger partial charge in [0.2, 0.25) is 0 Å². The van der Waals surface area contributed by atoms with Crippen LogP contribution in [0.25, 0.3) is 5.65 Å². The molecule has 31 heavy (non-hydrogen) atoms. The Bertz CT molecular complexity index is 1100. The lowest BCUT2D eigenvalue weighted by atomic mass is 9.80. The Morgan fingerprint density at radius 3 is 2.55 bits per heavy atom. The van der Waals surface area contributed by atoms with Gasteiger partial charge < -0.3 is 5.32 Å². The van der Waals surface area contributed by atoms with Crippen LogP contribution in [0.15, 0.2) is 18.5 Å². The summed E-state index contributed by atoms with van der Waals surface area (Å²) in [6.07, 6.45) is 4.07. The fourth-order valence-corrected chi connectivity index (χ4v) is 4.50. The van der Waals surface area contributed by atoms with E-state index in [9.17, 15) is 13.6 Å². The van der Waals surface area contributed by atoms with E-state index in [1.807, 2.05) is 19.9 Å². The van der Waals surface area contributed by atoms with Gasteiger partial charge in [0.15, 0.2) is 11.3 Å². The molecule has 1 N–H and O–H groups in total. The van der Waals surface area contributed by atoms with Gasteiger partial charge in [0.1, 0.15) is 5.56 Å². The molecule has 166 valence electrons. The largest absolute Gasteiger partial charge is 0.319 e. The second kappa shape index (κ2) is 8.36. The number of anilines is 1. The van der Waals surface area contributed by atoms with Crippen LogP contribution >= 0.6 is 0 Å². The molecule has 1 saturated carbocycles. The summed E-state index contributed by atoms with van der Waals surface area (Å²) < 4.78 is 30.5. The highest BCUT2D eigenvalue weighted by Gasteiger charge is 2.28. The Morgan fingerprint density at radius 2 is 1.90 bits per heavy atom. The number of amides is 1. The average Bonchev–Trinajstić information content (AvgIpc) is 3.32. The van der Waals surface area contributed by atoms with Crippen molar-refractivity contribution in [3.05, 3.63) is 41.1 Å². The smallest absolute Gasteiger partial charge is 0.284 e. The molecule has 9 heteroatoms. The fourth-order valence-electron chi connectivity index (χ4n) is 4.50. The van der Waals surface area contributed by atoms with Crippen LogP contribution < -0.4 is 5.32 Å². The van der Waals surface area contributed by atoms with Gasteiger partial charge in [0.25, 0.3) is 12.3 Å². The first-order chi connectivity index (χ1) is 14.7. The quantitative estimate of drug-likeness (QED) is 0.609. The molecule has 1 aliphatic carbocycles. The van der Waals surface area contributed by atoms with Crippen molar-refractivity contribution in [3.63, 3.8) is 0 Å². The highest BCUT2D eigenvalue weighted by atomic mass is 19.3. The number of carbonyl (C=O) groups is 1. The molecule has 0 bridgehead atoms. The van der Waals surface area contributed by atoms with Crippen molar-refractivity contribution in [1.82, 2.24) is 24.4 Å². The zero-order valence-corrected chi connectivity index (χ0v) is 18.3. The molecule has 3 aromatic heterocycles. The number of carbonyl (C=O) groups excluding carboxylic acids is 1. The molecular formula is C22H28F2N6O. The van der Waals surface area contributed by atoms with Crippen molar-refractivity contribution in [2.45, 2.75) is 65.8 Å². The average molecular weight is 431 g/mol. The van der Waals surface area contributed by atoms with E-state index in [1.54, 1.807) is 9.20 Å². The maximum Gasteiger partial charge on any atom is 0.284 e. The molecule has 0 saturated heterocycles. The van der Waals surface area contributed by atoms with Crippen molar-refractivity contribution in [2.75, 3.05) is 5.32 Å². The first kappa shape index (κ1) is 21.4. The van der Waals surface area contributed by atoms with E-state index in [1.165, 1.54) is 12.4 Å². The van der Waals surface area contributed by atoms with Gasteiger partial charge in [-0.25, -0.2) is 18.3 Å². The maximum absolute atomic E-state index is 13.7. The number of alkyl halides is 2. The van der Waals surface area contributed by atoms with Crippen LogP contribution in [0.3, 0.4) is 0 Å². The Hall–Kier alpha value is -2.84. The van der Waals surface area contributed by atoms with Crippen molar-refractivity contribution < 1.29 is 13.6 Å². The number of aryl methyl sites for hydroxylation is 2. The third-order valence-electron chi connectivity index (χ3n) is 6.30. The molecule has 0 atom stereocenters. The van der Waals surface area contributed by atoms with Gasteiger partial charge in [-0.2, -0.15) is 10.2 Å². The summed E-state index contributed by atoms with van der Waals surface area (Å²) in [5.74, 6) is 0.754. The predicted molar refractivity (Wildman–Crippen MR) is 113 cm³/mol. The van der Waals surface area contributed by atoms with E-state index >= 15 is 0 Å². The molecule has 1 fully saturated rings. The van der Waals surface area contributed by atoms with Gasteiger partial charge in [0, 0.05) is 17.6 Å². The third-order valence-corrected chi connectivity index (χ3v) is 6.30. The number of hydrogen-bond acceptors (Lipinski definition) is 4. The van der Waals surface area contributed by atoms with E-state index in [2.05, 4.69) is 34.3 Å². The summed E-state index contributed by atoms with van der Waals surface area (Å²) in [5, 5.41) is 11.0. The van der Waals surface area contributed by atoms with E-state index in [0.717, 1.165) is 37.1 Å². The number of aromatic nitrogens is 5.